The van der Waals surface area contributed by atoms with Crippen molar-refractivity contribution < 1.29 is 9.53 Å². The molecule has 1 rings (SSSR count). The highest BCUT2D eigenvalue weighted by molar-refractivity contribution is 5.79. The van der Waals surface area contributed by atoms with Crippen molar-refractivity contribution in [2.24, 2.45) is 0 Å². The lowest BCUT2D eigenvalue weighted by Crippen LogP contribution is -2.41. The maximum Gasteiger partial charge on any atom is 0.226 e. The van der Waals surface area contributed by atoms with E-state index in [0.29, 0.717) is 19.6 Å². The van der Waals surface area contributed by atoms with Crippen LogP contribution in [0.15, 0.2) is 12.2 Å². The van der Waals surface area contributed by atoms with Gasteiger partial charge in [0.2, 0.25) is 5.91 Å². The largest absolute Gasteiger partial charge is 0.383 e. The third kappa shape index (κ3) is 2.08. The predicted molar refractivity (Wildman–Crippen MR) is 46.8 cm³/mol. The molecule has 68 valence electrons. The Hall–Kier alpha value is -0.830. The molecule has 1 heterocycles. The summed E-state index contributed by atoms with van der Waals surface area (Å²) in [4.78, 5) is 13.2. The number of hydrogen-bond acceptors (Lipinski definition) is 2. The van der Waals surface area contributed by atoms with Crippen LogP contribution in [0.2, 0.25) is 0 Å². The monoisotopic (exact) mass is 169 g/mol. The summed E-state index contributed by atoms with van der Waals surface area (Å²) in [6, 6.07) is 0.224. The molecule has 1 unspecified atom stereocenters. The van der Waals surface area contributed by atoms with Crippen molar-refractivity contribution in [2.45, 2.75) is 19.4 Å². The molecule has 1 amide bonds. The number of rotatable bonds is 3. The highest BCUT2D eigenvalue weighted by Gasteiger charge is 2.19. The first-order valence-corrected chi connectivity index (χ1v) is 4.20. The second-order valence-electron chi connectivity index (χ2n) is 2.95. The third-order valence-corrected chi connectivity index (χ3v) is 2.06. The molecular weight excluding hydrogens is 154 g/mol. The molecule has 0 saturated heterocycles. The smallest absolute Gasteiger partial charge is 0.226 e. The number of methoxy groups -OCH3 is 1. The topological polar surface area (TPSA) is 29.5 Å². The van der Waals surface area contributed by atoms with Crippen LogP contribution in [-0.2, 0) is 9.53 Å². The minimum atomic E-state index is 0.196. The highest BCUT2D eigenvalue weighted by atomic mass is 16.5. The number of amides is 1. The minimum Gasteiger partial charge on any atom is -0.383 e. The van der Waals surface area contributed by atoms with Crippen molar-refractivity contribution in [3.05, 3.63) is 12.2 Å². The van der Waals surface area contributed by atoms with Gasteiger partial charge >= 0.3 is 0 Å². The normalized spacial score (nSPS) is 23.3. The van der Waals surface area contributed by atoms with Gasteiger partial charge in [-0.25, -0.2) is 0 Å². The average Bonchev–Trinajstić information content (AvgIpc) is 2.04. The zero-order valence-corrected chi connectivity index (χ0v) is 7.62. The van der Waals surface area contributed by atoms with Gasteiger partial charge in [-0.05, 0) is 6.92 Å². The van der Waals surface area contributed by atoms with Gasteiger partial charge < -0.3 is 9.64 Å². The molecule has 3 nitrogen and oxygen atoms in total. The summed E-state index contributed by atoms with van der Waals surface area (Å²) in [7, 11) is 1.65. The van der Waals surface area contributed by atoms with Crippen LogP contribution < -0.4 is 0 Å². The molecule has 1 atom stereocenters. The van der Waals surface area contributed by atoms with Gasteiger partial charge in [-0.1, -0.05) is 12.2 Å². The Balaban J connectivity index is 2.48. The molecule has 0 N–H and O–H groups in total. The molecule has 0 aliphatic carbocycles. The Kier molecular flexibility index (Phi) is 3.29. The summed E-state index contributed by atoms with van der Waals surface area (Å²) in [5.74, 6) is 0.196. The van der Waals surface area contributed by atoms with Gasteiger partial charge in [0, 0.05) is 26.1 Å². The van der Waals surface area contributed by atoms with E-state index in [1.165, 1.54) is 0 Å². The van der Waals surface area contributed by atoms with E-state index in [0.717, 1.165) is 0 Å². The Bertz CT molecular complexity index is 189. The fraction of sp³-hybridized carbons (Fsp3) is 0.667. The first-order valence-electron chi connectivity index (χ1n) is 4.20. The Morgan fingerprint density at radius 3 is 3.08 bits per heavy atom. The second-order valence-corrected chi connectivity index (χ2v) is 2.95. The van der Waals surface area contributed by atoms with Crippen LogP contribution in [0.3, 0.4) is 0 Å². The van der Waals surface area contributed by atoms with Crippen LogP contribution in [0.1, 0.15) is 13.3 Å². The molecule has 1 aliphatic heterocycles. The van der Waals surface area contributed by atoms with E-state index in [9.17, 15) is 4.79 Å². The number of nitrogens with zero attached hydrogens (tertiary/aromatic N) is 1. The molecule has 0 aromatic heterocycles. The van der Waals surface area contributed by atoms with Gasteiger partial charge in [-0.3, -0.25) is 4.79 Å². The van der Waals surface area contributed by atoms with Crippen LogP contribution in [-0.4, -0.2) is 37.1 Å². The number of carbonyl (C=O) groups excluding carboxylic acids is 1. The first-order chi connectivity index (χ1) is 5.75. The van der Waals surface area contributed by atoms with E-state index in [4.69, 9.17) is 4.74 Å². The maximum atomic E-state index is 11.3. The van der Waals surface area contributed by atoms with Crippen LogP contribution in [0.25, 0.3) is 0 Å². The molecule has 0 radical (unpaired) electrons. The SMILES string of the molecule is COCCN1C(=O)CC=CC1C. The Labute approximate surface area is 73.0 Å². The van der Waals surface area contributed by atoms with Crippen molar-refractivity contribution in [1.29, 1.82) is 0 Å². The molecule has 3 heteroatoms. The van der Waals surface area contributed by atoms with Crippen LogP contribution >= 0.6 is 0 Å². The highest BCUT2D eigenvalue weighted by Crippen LogP contribution is 2.09. The Morgan fingerprint density at radius 2 is 2.50 bits per heavy atom. The van der Waals surface area contributed by atoms with E-state index in [-0.39, 0.29) is 11.9 Å². The molecule has 0 aromatic rings. The summed E-state index contributed by atoms with van der Waals surface area (Å²) < 4.78 is 4.92. The van der Waals surface area contributed by atoms with E-state index >= 15 is 0 Å². The van der Waals surface area contributed by atoms with Gasteiger partial charge in [0.15, 0.2) is 0 Å². The summed E-state index contributed by atoms with van der Waals surface area (Å²) >= 11 is 0. The Morgan fingerprint density at radius 1 is 1.75 bits per heavy atom. The van der Waals surface area contributed by atoms with Crippen LogP contribution in [0, 0.1) is 0 Å². The number of ether oxygens (including phenoxy) is 1. The lowest BCUT2D eigenvalue weighted by Gasteiger charge is -2.29. The molecule has 0 fully saturated rings. The number of hydrogen-bond donors (Lipinski definition) is 0. The lowest BCUT2D eigenvalue weighted by molar-refractivity contribution is -0.132. The summed E-state index contributed by atoms with van der Waals surface area (Å²) in [6.07, 6.45) is 4.52. The van der Waals surface area contributed by atoms with Crippen LogP contribution in [0.4, 0.5) is 0 Å². The molecule has 0 saturated carbocycles. The van der Waals surface area contributed by atoms with Crippen LogP contribution in [0.5, 0.6) is 0 Å². The van der Waals surface area contributed by atoms with Crippen molar-refractivity contribution in [1.82, 2.24) is 4.90 Å². The molecule has 0 aromatic carbocycles. The molecule has 0 spiro atoms. The molecule has 12 heavy (non-hydrogen) atoms. The van der Waals surface area contributed by atoms with Crippen molar-refractivity contribution in [2.75, 3.05) is 20.3 Å². The zero-order valence-electron chi connectivity index (χ0n) is 7.62. The van der Waals surface area contributed by atoms with E-state index < -0.39 is 0 Å². The summed E-state index contributed by atoms with van der Waals surface area (Å²) in [5, 5.41) is 0. The van der Waals surface area contributed by atoms with E-state index in [1.807, 2.05) is 17.9 Å². The van der Waals surface area contributed by atoms with Gasteiger partial charge in [-0.15, -0.1) is 0 Å². The molecule has 0 bridgehead atoms. The van der Waals surface area contributed by atoms with Gasteiger partial charge in [0.05, 0.1) is 6.61 Å². The zero-order chi connectivity index (χ0) is 8.97. The van der Waals surface area contributed by atoms with Crippen molar-refractivity contribution in [3.8, 4) is 0 Å². The lowest BCUT2D eigenvalue weighted by atomic mass is 10.1. The van der Waals surface area contributed by atoms with Crippen molar-refractivity contribution in [3.63, 3.8) is 0 Å². The van der Waals surface area contributed by atoms with Gasteiger partial charge in [0.25, 0.3) is 0 Å². The third-order valence-electron chi connectivity index (χ3n) is 2.06. The van der Waals surface area contributed by atoms with Gasteiger partial charge in [0.1, 0.15) is 0 Å². The van der Waals surface area contributed by atoms with E-state index in [2.05, 4.69) is 6.08 Å². The van der Waals surface area contributed by atoms with Gasteiger partial charge in [-0.2, -0.15) is 0 Å². The number of carbonyl (C=O) groups is 1. The average molecular weight is 169 g/mol. The summed E-state index contributed by atoms with van der Waals surface area (Å²) in [5.41, 5.74) is 0. The predicted octanol–water partition coefficient (Wildman–Crippen LogP) is 0.810. The molecular formula is C9H15NO2. The fourth-order valence-electron chi connectivity index (χ4n) is 1.33. The minimum absolute atomic E-state index is 0.196. The van der Waals surface area contributed by atoms with E-state index in [1.54, 1.807) is 7.11 Å². The maximum absolute atomic E-state index is 11.3. The second kappa shape index (κ2) is 4.26. The quantitative estimate of drug-likeness (QED) is 0.585. The standard InChI is InChI=1S/C9H15NO2/c1-8-4-3-5-9(11)10(8)6-7-12-2/h3-4,8H,5-7H2,1-2H3. The fourth-order valence-corrected chi connectivity index (χ4v) is 1.33. The molecule has 1 aliphatic rings. The summed E-state index contributed by atoms with van der Waals surface area (Å²) in [6.45, 7) is 3.33. The van der Waals surface area contributed by atoms with Crippen molar-refractivity contribution >= 4 is 5.91 Å². The first kappa shape index (κ1) is 9.26.